The van der Waals surface area contributed by atoms with Crippen molar-refractivity contribution in [2.24, 2.45) is 5.92 Å². The van der Waals surface area contributed by atoms with Crippen LogP contribution in [-0.4, -0.2) is 28.1 Å². The Balaban J connectivity index is 1.95. The van der Waals surface area contributed by atoms with Gasteiger partial charge in [-0.25, -0.2) is 4.98 Å². The molecular formula is C28H38ClN3O. The molecule has 0 atom stereocenters. The highest BCUT2D eigenvalue weighted by molar-refractivity contribution is 6.30. The van der Waals surface area contributed by atoms with Crippen LogP contribution in [-0.2, 0) is 19.6 Å². The molecule has 3 aromatic rings. The van der Waals surface area contributed by atoms with Gasteiger partial charge in [-0.2, -0.15) is 0 Å². The van der Waals surface area contributed by atoms with E-state index >= 15 is 0 Å². The van der Waals surface area contributed by atoms with Crippen LogP contribution >= 0.6 is 11.6 Å². The molecule has 0 aliphatic rings. The van der Waals surface area contributed by atoms with Gasteiger partial charge in [-0.1, -0.05) is 75.2 Å². The summed E-state index contributed by atoms with van der Waals surface area (Å²) in [5.41, 5.74) is 4.72. The summed E-state index contributed by atoms with van der Waals surface area (Å²) >= 11 is 6.81. The van der Waals surface area contributed by atoms with Gasteiger partial charge in [-0.05, 0) is 55.5 Å². The molecule has 178 valence electrons. The Hall–Kier alpha value is -2.30. The average Bonchev–Trinajstić information content (AvgIpc) is 3.11. The van der Waals surface area contributed by atoms with Gasteiger partial charge in [0.25, 0.3) is 0 Å². The van der Waals surface area contributed by atoms with E-state index in [9.17, 15) is 0 Å². The van der Waals surface area contributed by atoms with Gasteiger partial charge in [0.1, 0.15) is 11.6 Å². The SMILES string of the molecule is CCCCn1c(-c2ccccc2C)nc(Cl)c1CN(CCC(C)C)Cc1cccc(OC)c1. The molecule has 0 aliphatic heterocycles. The summed E-state index contributed by atoms with van der Waals surface area (Å²) in [5.74, 6) is 2.51. The summed E-state index contributed by atoms with van der Waals surface area (Å²) in [6.45, 7) is 12.5. The molecule has 0 spiro atoms. The second-order valence-corrected chi connectivity index (χ2v) is 9.60. The van der Waals surface area contributed by atoms with Gasteiger partial charge >= 0.3 is 0 Å². The summed E-state index contributed by atoms with van der Waals surface area (Å²) in [7, 11) is 1.72. The highest BCUT2D eigenvalue weighted by Crippen LogP contribution is 2.30. The van der Waals surface area contributed by atoms with Crippen LogP contribution in [0.25, 0.3) is 11.4 Å². The topological polar surface area (TPSA) is 30.3 Å². The van der Waals surface area contributed by atoms with Gasteiger partial charge in [0.05, 0.1) is 12.8 Å². The van der Waals surface area contributed by atoms with Crippen molar-refractivity contribution in [2.75, 3.05) is 13.7 Å². The Morgan fingerprint density at radius 1 is 1.09 bits per heavy atom. The van der Waals surface area contributed by atoms with Crippen LogP contribution in [0.15, 0.2) is 48.5 Å². The quantitative estimate of drug-likeness (QED) is 0.278. The summed E-state index contributed by atoms with van der Waals surface area (Å²) in [4.78, 5) is 7.35. The summed E-state index contributed by atoms with van der Waals surface area (Å²) in [6, 6.07) is 16.8. The van der Waals surface area contributed by atoms with E-state index in [-0.39, 0.29) is 0 Å². The standard InChI is InChI=1S/C28H38ClN3O/c1-6-7-16-32-26(27(29)30-28(32)25-14-9-8-11-22(25)4)20-31(17-15-21(2)3)19-23-12-10-13-24(18-23)33-5/h8-14,18,21H,6-7,15-17,19-20H2,1-5H3. The van der Waals surface area contributed by atoms with Gasteiger partial charge in [-0.3, -0.25) is 4.90 Å². The van der Waals surface area contributed by atoms with Crippen LogP contribution in [0.1, 0.15) is 56.9 Å². The maximum absolute atomic E-state index is 6.81. The molecule has 0 aliphatic carbocycles. The second kappa shape index (κ2) is 12.2. The lowest BCUT2D eigenvalue weighted by atomic mass is 10.1. The highest BCUT2D eigenvalue weighted by atomic mass is 35.5. The number of ether oxygens (including phenoxy) is 1. The van der Waals surface area contributed by atoms with Crippen molar-refractivity contribution in [3.63, 3.8) is 0 Å². The van der Waals surface area contributed by atoms with Crippen molar-refractivity contribution >= 4 is 11.6 Å². The fraction of sp³-hybridized carbons (Fsp3) is 0.464. The fourth-order valence-corrected chi connectivity index (χ4v) is 4.33. The van der Waals surface area contributed by atoms with Crippen LogP contribution < -0.4 is 4.74 Å². The molecule has 0 bridgehead atoms. The van der Waals surface area contributed by atoms with E-state index in [0.29, 0.717) is 11.1 Å². The number of aromatic nitrogens is 2. The molecule has 2 aromatic carbocycles. The van der Waals surface area contributed by atoms with Crippen molar-refractivity contribution in [1.82, 2.24) is 14.5 Å². The zero-order valence-corrected chi connectivity index (χ0v) is 21.5. The first-order valence-corrected chi connectivity index (χ1v) is 12.5. The van der Waals surface area contributed by atoms with Crippen LogP contribution in [0.5, 0.6) is 5.75 Å². The molecule has 1 aromatic heterocycles. The predicted octanol–water partition coefficient (Wildman–Crippen LogP) is 7.37. The van der Waals surface area contributed by atoms with E-state index in [2.05, 4.69) is 79.6 Å². The molecule has 0 radical (unpaired) electrons. The Kier molecular flexibility index (Phi) is 9.40. The molecule has 0 fully saturated rings. The van der Waals surface area contributed by atoms with Crippen LogP contribution in [0.4, 0.5) is 0 Å². The third-order valence-corrected chi connectivity index (χ3v) is 6.38. The van der Waals surface area contributed by atoms with Crippen molar-refractivity contribution in [3.05, 3.63) is 70.5 Å². The number of hydrogen-bond donors (Lipinski definition) is 0. The molecule has 0 amide bonds. The molecule has 0 unspecified atom stereocenters. The monoisotopic (exact) mass is 467 g/mol. The number of aryl methyl sites for hydroxylation is 1. The number of imidazole rings is 1. The van der Waals surface area contributed by atoms with Crippen molar-refractivity contribution < 1.29 is 4.74 Å². The van der Waals surface area contributed by atoms with E-state index in [1.165, 1.54) is 11.1 Å². The molecule has 33 heavy (non-hydrogen) atoms. The Morgan fingerprint density at radius 3 is 2.58 bits per heavy atom. The molecule has 0 saturated heterocycles. The minimum Gasteiger partial charge on any atom is -0.497 e. The van der Waals surface area contributed by atoms with Crippen molar-refractivity contribution in [3.8, 4) is 17.1 Å². The fourth-order valence-electron chi connectivity index (χ4n) is 4.09. The number of benzene rings is 2. The Bertz CT molecular complexity index is 1030. The molecule has 5 heteroatoms. The smallest absolute Gasteiger partial charge is 0.152 e. The van der Waals surface area contributed by atoms with E-state index in [4.69, 9.17) is 21.3 Å². The van der Waals surface area contributed by atoms with Crippen molar-refractivity contribution in [2.45, 2.75) is 66.6 Å². The first-order valence-electron chi connectivity index (χ1n) is 12.1. The minimum absolute atomic E-state index is 0.615. The second-order valence-electron chi connectivity index (χ2n) is 9.24. The lowest BCUT2D eigenvalue weighted by Crippen LogP contribution is -2.26. The number of hydrogen-bond acceptors (Lipinski definition) is 3. The number of methoxy groups -OCH3 is 1. The predicted molar refractivity (Wildman–Crippen MR) is 139 cm³/mol. The van der Waals surface area contributed by atoms with E-state index in [1.807, 2.05) is 6.07 Å². The first-order chi connectivity index (χ1) is 15.9. The maximum Gasteiger partial charge on any atom is 0.152 e. The van der Waals surface area contributed by atoms with Gasteiger partial charge in [0, 0.05) is 25.2 Å². The van der Waals surface area contributed by atoms with Crippen LogP contribution in [0.2, 0.25) is 5.15 Å². The molecule has 4 nitrogen and oxygen atoms in total. The molecule has 0 N–H and O–H groups in total. The Labute approximate surface area is 204 Å². The largest absolute Gasteiger partial charge is 0.497 e. The zero-order valence-electron chi connectivity index (χ0n) is 20.8. The van der Waals surface area contributed by atoms with Crippen LogP contribution in [0, 0.1) is 12.8 Å². The van der Waals surface area contributed by atoms with Gasteiger partial charge in [0.15, 0.2) is 5.15 Å². The number of nitrogens with zero attached hydrogens (tertiary/aromatic N) is 3. The van der Waals surface area contributed by atoms with E-state index < -0.39 is 0 Å². The number of halogens is 1. The normalized spacial score (nSPS) is 11.5. The molecular weight excluding hydrogens is 430 g/mol. The zero-order chi connectivity index (χ0) is 23.8. The molecule has 3 rings (SSSR count). The summed E-state index contributed by atoms with van der Waals surface area (Å²) < 4.78 is 7.79. The number of rotatable bonds is 12. The third-order valence-electron chi connectivity index (χ3n) is 6.08. The lowest BCUT2D eigenvalue weighted by Gasteiger charge is -2.25. The van der Waals surface area contributed by atoms with E-state index in [1.54, 1.807) is 7.11 Å². The molecule has 0 saturated carbocycles. The van der Waals surface area contributed by atoms with Gasteiger partial charge in [-0.15, -0.1) is 0 Å². The van der Waals surface area contributed by atoms with Crippen LogP contribution in [0.3, 0.4) is 0 Å². The minimum atomic E-state index is 0.615. The summed E-state index contributed by atoms with van der Waals surface area (Å²) in [6.07, 6.45) is 3.36. The first kappa shape index (κ1) is 25.3. The maximum atomic E-state index is 6.81. The molecule has 1 heterocycles. The summed E-state index contributed by atoms with van der Waals surface area (Å²) in [5, 5.41) is 0.615. The van der Waals surface area contributed by atoms with E-state index in [0.717, 1.165) is 68.3 Å². The van der Waals surface area contributed by atoms with Gasteiger partial charge in [0.2, 0.25) is 0 Å². The third kappa shape index (κ3) is 6.84. The lowest BCUT2D eigenvalue weighted by molar-refractivity contribution is 0.235. The highest BCUT2D eigenvalue weighted by Gasteiger charge is 2.21. The Morgan fingerprint density at radius 2 is 1.88 bits per heavy atom. The number of unbranched alkanes of at least 4 members (excludes halogenated alkanes) is 1. The average molecular weight is 468 g/mol. The van der Waals surface area contributed by atoms with Gasteiger partial charge < -0.3 is 9.30 Å². The van der Waals surface area contributed by atoms with Crippen molar-refractivity contribution in [1.29, 1.82) is 0 Å².